The molecule has 36 heavy (non-hydrogen) atoms. The van der Waals surface area contributed by atoms with Crippen LogP contribution >= 0.6 is 11.8 Å². The average Bonchev–Trinajstić information content (AvgIpc) is 2.90. The first-order valence-electron chi connectivity index (χ1n) is 11.7. The van der Waals surface area contributed by atoms with E-state index in [-0.39, 0.29) is 19.6 Å². The van der Waals surface area contributed by atoms with Gasteiger partial charge in [0.05, 0.1) is 0 Å². The minimum absolute atomic E-state index is 0.176. The zero-order valence-electron chi connectivity index (χ0n) is 19.9. The van der Waals surface area contributed by atoms with Crippen molar-refractivity contribution in [2.45, 2.75) is 25.5 Å². The largest absolute Gasteiger partial charge is 0.480 e. The van der Waals surface area contributed by atoms with Crippen molar-refractivity contribution in [2.24, 2.45) is 0 Å². The second-order valence-electron chi connectivity index (χ2n) is 8.13. The fraction of sp³-hybridized carbons (Fsp3) is 0.250. The van der Waals surface area contributed by atoms with Gasteiger partial charge in [0.15, 0.2) is 0 Å². The highest BCUT2D eigenvalue weighted by Gasteiger charge is 2.24. The van der Waals surface area contributed by atoms with Crippen LogP contribution in [0.3, 0.4) is 0 Å². The van der Waals surface area contributed by atoms with Gasteiger partial charge in [0.1, 0.15) is 12.6 Å². The number of benzene rings is 3. The van der Waals surface area contributed by atoms with Gasteiger partial charge in [-0.2, -0.15) is 0 Å². The summed E-state index contributed by atoms with van der Waals surface area (Å²) in [7, 11) is 0. The first-order chi connectivity index (χ1) is 17.5. The topological polar surface area (TPSA) is 95.9 Å². The van der Waals surface area contributed by atoms with Gasteiger partial charge in [-0.15, -0.1) is 0 Å². The van der Waals surface area contributed by atoms with Gasteiger partial charge in [0.2, 0.25) is 0 Å². The molecule has 0 aliphatic rings. The molecule has 2 N–H and O–H groups in total. The lowest BCUT2D eigenvalue weighted by Gasteiger charge is -2.25. The van der Waals surface area contributed by atoms with Crippen molar-refractivity contribution >= 4 is 29.1 Å². The third-order valence-electron chi connectivity index (χ3n) is 5.46. The van der Waals surface area contributed by atoms with E-state index in [9.17, 15) is 19.5 Å². The minimum atomic E-state index is -1.10. The number of amides is 2. The van der Waals surface area contributed by atoms with Crippen molar-refractivity contribution in [2.75, 3.05) is 18.8 Å². The molecule has 8 heteroatoms. The Labute approximate surface area is 215 Å². The first-order valence-corrected chi connectivity index (χ1v) is 12.7. The molecule has 1 unspecified atom stereocenters. The Morgan fingerprint density at radius 1 is 0.806 bits per heavy atom. The molecule has 3 aromatic rings. The summed E-state index contributed by atoms with van der Waals surface area (Å²) in [6, 6.07) is 26.7. The highest BCUT2D eigenvalue weighted by molar-refractivity contribution is 8.13. The Balaban J connectivity index is 1.56. The van der Waals surface area contributed by atoms with Gasteiger partial charge in [0, 0.05) is 25.3 Å². The normalized spacial score (nSPS) is 11.3. The summed E-state index contributed by atoms with van der Waals surface area (Å²) in [5.74, 6) is -0.777. The number of nitrogens with one attached hydrogen (secondary N) is 1. The van der Waals surface area contributed by atoms with Crippen molar-refractivity contribution in [3.63, 3.8) is 0 Å². The number of aliphatic carboxylic acids is 1. The van der Waals surface area contributed by atoms with E-state index in [4.69, 9.17) is 4.74 Å². The number of urea groups is 1. The Bertz CT molecular complexity index is 1100. The van der Waals surface area contributed by atoms with Gasteiger partial charge in [-0.25, -0.2) is 14.4 Å². The lowest BCUT2D eigenvalue weighted by Crippen LogP contribution is -2.50. The smallest absolute Gasteiger partial charge is 0.367 e. The van der Waals surface area contributed by atoms with Crippen molar-refractivity contribution in [1.29, 1.82) is 0 Å². The minimum Gasteiger partial charge on any atom is -0.480 e. The summed E-state index contributed by atoms with van der Waals surface area (Å²) in [6.07, 6.45) is 0.781. The quantitative estimate of drug-likeness (QED) is 0.336. The molecule has 7 nitrogen and oxygen atoms in total. The lowest BCUT2D eigenvalue weighted by molar-refractivity contribution is -0.139. The van der Waals surface area contributed by atoms with Crippen LogP contribution in [0, 0.1) is 0 Å². The summed E-state index contributed by atoms with van der Waals surface area (Å²) in [4.78, 5) is 38.6. The first kappa shape index (κ1) is 26.8. The number of carbonyl (C=O) groups excluding carboxylic acids is 2. The van der Waals surface area contributed by atoms with E-state index in [1.54, 1.807) is 4.90 Å². The van der Waals surface area contributed by atoms with Crippen molar-refractivity contribution in [3.05, 3.63) is 108 Å². The molecular formula is C28H30N2O5S. The zero-order chi connectivity index (χ0) is 25.6. The molecule has 1 atom stereocenters. The summed E-state index contributed by atoms with van der Waals surface area (Å²) in [5.41, 5.74) is 2.77. The molecule has 2 amide bonds. The fourth-order valence-corrected chi connectivity index (χ4v) is 4.13. The molecule has 3 aromatic carbocycles. The number of carbonyl (C=O) groups is 3. The Hall–Kier alpha value is -3.78. The number of thioether (sulfide) groups is 1. The number of carboxylic acid groups (broad SMARTS) is 1. The van der Waals surface area contributed by atoms with Crippen LogP contribution in [0.1, 0.15) is 16.7 Å². The number of rotatable bonds is 12. The summed E-state index contributed by atoms with van der Waals surface area (Å²) < 4.78 is 5.29. The maximum absolute atomic E-state index is 13.1. The molecule has 0 heterocycles. The predicted molar refractivity (Wildman–Crippen MR) is 141 cm³/mol. The molecule has 0 aliphatic heterocycles. The Morgan fingerprint density at radius 3 is 1.94 bits per heavy atom. The lowest BCUT2D eigenvalue weighted by atomic mass is 10.1. The van der Waals surface area contributed by atoms with Crippen LogP contribution in [0.5, 0.6) is 0 Å². The second-order valence-corrected chi connectivity index (χ2v) is 9.16. The Kier molecular flexibility index (Phi) is 10.9. The summed E-state index contributed by atoms with van der Waals surface area (Å²) in [5, 5.41) is 11.9. The van der Waals surface area contributed by atoms with Crippen LogP contribution in [0.25, 0.3) is 0 Å². The third kappa shape index (κ3) is 9.46. The third-order valence-corrected chi connectivity index (χ3v) is 6.20. The van der Waals surface area contributed by atoms with Crippen LogP contribution in [0.15, 0.2) is 91.0 Å². The maximum atomic E-state index is 13.1. The second kappa shape index (κ2) is 14.6. The molecular weight excluding hydrogens is 476 g/mol. The summed E-state index contributed by atoms with van der Waals surface area (Å²) >= 11 is 0.992. The maximum Gasteiger partial charge on any atom is 0.367 e. The molecule has 0 spiro atoms. The molecule has 0 radical (unpaired) electrons. The van der Waals surface area contributed by atoms with Gasteiger partial charge in [-0.05, 0) is 34.9 Å². The SMILES string of the molecule is O=C(OCc1ccccc1)SCCN(CCc1ccccc1)C(=O)NC(Cc1ccccc1)C(=O)O. The van der Waals surface area contributed by atoms with Crippen molar-refractivity contribution < 1.29 is 24.2 Å². The average molecular weight is 507 g/mol. The van der Waals surface area contributed by atoms with E-state index >= 15 is 0 Å². The molecule has 0 bridgehead atoms. The van der Waals surface area contributed by atoms with Crippen LogP contribution < -0.4 is 5.32 Å². The summed E-state index contributed by atoms with van der Waals surface area (Å²) in [6.45, 7) is 0.833. The van der Waals surface area contributed by atoms with Crippen molar-refractivity contribution in [3.8, 4) is 0 Å². The van der Waals surface area contributed by atoms with Gasteiger partial charge >= 0.3 is 17.3 Å². The molecule has 0 fully saturated rings. The van der Waals surface area contributed by atoms with E-state index in [2.05, 4.69) is 5.32 Å². The van der Waals surface area contributed by atoms with Gasteiger partial charge < -0.3 is 20.1 Å². The molecule has 0 saturated heterocycles. The van der Waals surface area contributed by atoms with E-state index < -0.39 is 23.3 Å². The van der Waals surface area contributed by atoms with Crippen LogP contribution in [0.4, 0.5) is 9.59 Å². The number of carboxylic acids is 1. The number of hydrogen-bond donors (Lipinski definition) is 2. The standard InChI is InChI=1S/C28H30N2O5S/c31-26(32)25(20-23-12-6-2-7-13-23)29-27(33)30(17-16-22-10-4-1-5-11-22)18-19-36-28(34)35-21-24-14-8-3-9-15-24/h1-15,25H,16-21H2,(H,29,33)(H,31,32). The number of hydrogen-bond acceptors (Lipinski definition) is 5. The zero-order valence-corrected chi connectivity index (χ0v) is 20.7. The molecule has 0 aliphatic carbocycles. The highest BCUT2D eigenvalue weighted by atomic mass is 32.2. The van der Waals surface area contributed by atoms with Crippen LogP contribution in [-0.4, -0.2) is 52.2 Å². The molecule has 188 valence electrons. The highest BCUT2D eigenvalue weighted by Crippen LogP contribution is 2.11. The van der Waals surface area contributed by atoms with E-state index in [1.165, 1.54) is 0 Å². The van der Waals surface area contributed by atoms with E-state index in [1.807, 2.05) is 91.0 Å². The monoisotopic (exact) mass is 506 g/mol. The molecule has 0 saturated carbocycles. The Morgan fingerprint density at radius 2 is 1.36 bits per heavy atom. The van der Waals surface area contributed by atoms with E-state index in [0.717, 1.165) is 28.5 Å². The van der Waals surface area contributed by atoms with E-state index in [0.29, 0.717) is 18.7 Å². The van der Waals surface area contributed by atoms with Gasteiger partial charge in [-0.3, -0.25) is 0 Å². The molecule has 3 rings (SSSR count). The van der Waals surface area contributed by atoms with Crippen LogP contribution in [0.2, 0.25) is 0 Å². The number of nitrogens with zero attached hydrogens (tertiary/aromatic N) is 1. The predicted octanol–water partition coefficient (Wildman–Crippen LogP) is 5.01. The van der Waals surface area contributed by atoms with Gasteiger partial charge in [-0.1, -0.05) is 91.0 Å². The van der Waals surface area contributed by atoms with Crippen LogP contribution in [-0.2, 0) is 29.0 Å². The molecule has 0 aromatic heterocycles. The van der Waals surface area contributed by atoms with Crippen molar-refractivity contribution in [1.82, 2.24) is 10.2 Å². The fourth-order valence-electron chi connectivity index (χ4n) is 3.51. The van der Waals surface area contributed by atoms with Gasteiger partial charge in [0.25, 0.3) is 0 Å². The number of ether oxygens (including phenoxy) is 1.